The first-order chi connectivity index (χ1) is 14.2. The highest BCUT2D eigenvalue weighted by Gasteiger charge is 2.14. The van der Waals surface area contributed by atoms with Crippen LogP contribution in [0.5, 0.6) is 0 Å². The van der Waals surface area contributed by atoms with E-state index in [1.54, 1.807) is 0 Å². The van der Waals surface area contributed by atoms with Crippen LogP contribution in [0, 0.1) is 11.3 Å². The minimum absolute atomic E-state index is 0.251. The molecule has 0 saturated heterocycles. The quantitative estimate of drug-likeness (QED) is 0.527. The number of nitrogen functional groups attached to an aromatic ring is 1. The highest BCUT2D eigenvalue weighted by Crippen LogP contribution is 2.28. The maximum atomic E-state index is 9.19. The molecule has 0 atom stereocenters. The Morgan fingerprint density at radius 2 is 1.83 bits per heavy atom. The first kappa shape index (κ1) is 18.4. The van der Waals surface area contributed by atoms with Crippen LogP contribution in [0.15, 0.2) is 54.6 Å². The molecule has 0 spiro atoms. The Hall–Kier alpha value is -3.92. The molecule has 0 aliphatic heterocycles. The number of anilines is 2. The molecule has 0 amide bonds. The number of hydrogen-bond acceptors (Lipinski definition) is 6. The van der Waals surface area contributed by atoms with E-state index < -0.39 is 0 Å². The van der Waals surface area contributed by atoms with Gasteiger partial charge in [0.1, 0.15) is 11.6 Å². The van der Waals surface area contributed by atoms with E-state index in [1.807, 2.05) is 54.4 Å². The Labute approximate surface area is 168 Å². The van der Waals surface area contributed by atoms with Crippen molar-refractivity contribution in [3.05, 3.63) is 65.9 Å². The molecule has 144 valence electrons. The molecule has 2 heterocycles. The molecule has 0 unspecified atom stereocenters. The maximum absolute atomic E-state index is 9.19. The Morgan fingerprint density at radius 3 is 2.62 bits per heavy atom. The molecule has 3 N–H and O–H groups in total. The van der Waals surface area contributed by atoms with Crippen LogP contribution in [0.2, 0.25) is 0 Å². The number of fused-ring (bicyclic) bond motifs is 1. The molecule has 0 saturated carbocycles. The van der Waals surface area contributed by atoms with E-state index >= 15 is 0 Å². The van der Waals surface area contributed by atoms with Crippen molar-refractivity contribution in [2.75, 3.05) is 24.2 Å². The number of H-pyrrole nitrogens is 1. The SMILES string of the molecule is CN(CCCc1[nH]nc(N)c1C#N)c1nc(-c2ccccc2)c2ccccc2n1. The fourth-order valence-electron chi connectivity index (χ4n) is 3.34. The lowest BCUT2D eigenvalue weighted by Gasteiger charge is -2.18. The number of nitrogens with one attached hydrogen (secondary N) is 1. The average Bonchev–Trinajstić information content (AvgIpc) is 3.12. The molecule has 0 radical (unpaired) electrons. The second-order valence-electron chi connectivity index (χ2n) is 6.85. The van der Waals surface area contributed by atoms with Gasteiger partial charge in [0.2, 0.25) is 5.95 Å². The highest BCUT2D eigenvalue weighted by atomic mass is 15.2. The number of benzene rings is 2. The van der Waals surface area contributed by atoms with Gasteiger partial charge >= 0.3 is 0 Å². The fourth-order valence-corrected chi connectivity index (χ4v) is 3.34. The van der Waals surface area contributed by atoms with Gasteiger partial charge in [0.25, 0.3) is 0 Å². The van der Waals surface area contributed by atoms with Gasteiger partial charge in [-0.15, -0.1) is 0 Å². The van der Waals surface area contributed by atoms with Crippen molar-refractivity contribution in [1.29, 1.82) is 5.26 Å². The second-order valence-corrected chi connectivity index (χ2v) is 6.85. The number of nitrogens with zero attached hydrogens (tertiary/aromatic N) is 5. The van der Waals surface area contributed by atoms with Gasteiger partial charge in [-0.05, 0) is 18.9 Å². The summed E-state index contributed by atoms with van der Waals surface area (Å²) in [6.07, 6.45) is 1.49. The van der Waals surface area contributed by atoms with Crippen molar-refractivity contribution in [2.24, 2.45) is 0 Å². The van der Waals surface area contributed by atoms with Crippen molar-refractivity contribution in [1.82, 2.24) is 20.2 Å². The summed E-state index contributed by atoms with van der Waals surface area (Å²) in [5.74, 6) is 0.924. The Kier molecular flexibility index (Phi) is 5.08. The summed E-state index contributed by atoms with van der Waals surface area (Å²) < 4.78 is 0. The Bertz CT molecular complexity index is 1170. The topological polar surface area (TPSA) is 108 Å². The number of aromatic nitrogens is 4. The molecule has 4 rings (SSSR count). The summed E-state index contributed by atoms with van der Waals surface area (Å²) in [7, 11) is 1.98. The number of rotatable bonds is 6. The van der Waals surface area contributed by atoms with Crippen LogP contribution in [0.1, 0.15) is 17.7 Å². The lowest BCUT2D eigenvalue weighted by molar-refractivity contribution is 0.752. The molecular weight excluding hydrogens is 362 g/mol. The number of aromatic amines is 1. The van der Waals surface area contributed by atoms with Crippen molar-refractivity contribution in [3.63, 3.8) is 0 Å². The van der Waals surface area contributed by atoms with E-state index in [9.17, 15) is 5.26 Å². The summed E-state index contributed by atoms with van der Waals surface area (Å²) in [5, 5.41) is 17.0. The zero-order valence-electron chi connectivity index (χ0n) is 16.1. The number of nitrogens with two attached hydrogens (primary N) is 1. The van der Waals surface area contributed by atoms with Crippen LogP contribution in [0.3, 0.4) is 0 Å². The first-order valence-corrected chi connectivity index (χ1v) is 9.43. The van der Waals surface area contributed by atoms with Crippen molar-refractivity contribution >= 4 is 22.7 Å². The minimum Gasteiger partial charge on any atom is -0.381 e. The molecule has 0 bridgehead atoms. The molecule has 7 nitrogen and oxygen atoms in total. The minimum atomic E-state index is 0.251. The van der Waals surface area contributed by atoms with E-state index in [1.165, 1.54) is 0 Å². The Balaban J connectivity index is 1.58. The molecule has 4 aromatic rings. The van der Waals surface area contributed by atoms with E-state index in [0.29, 0.717) is 17.9 Å². The second kappa shape index (κ2) is 7.98. The van der Waals surface area contributed by atoms with Gasteiger partial charge in [0, 0.05) is 24.5 Å². The highest BCUT2D eigenvalue weighted by molar-refractivity contribution is 5.93. The number of aryl methyl sites for hydroxylation is 1. The Morgan fingerprint density at radius 1 is 1.07 bits per heavy atom. The third kappa shape index (κ3) is 3.73. The molecule has 0 fully saturated rings. The summed E-state index contributed by atoms with van der Waals surface area (Å²) in [4.78, 5) is 11.6. The van der Waals surface area contributed by atoms with Gasteiger partial charge in [-0.2, -0.15) is 10.4 Å². The third-order valence-electron chi connectivity index (χ3n) is 4.88. The lowest BCUT2D eigenvalue weighted by atomic mass is 10.1. The van der Waals surface area contributed by atoms with E-state index in [4.69, 9.17) is 15.7 Å². The van der Waals surface area contributed by atoms with Crippen LogP contribution in [0.4, 0.5) is 11.8 Å². The van der Waals surface area contributed by atoms with E-state index in [2.05, 4.69) is 28.4 Å². The van der Waals surface area contributed by atoms with E-state index in [0.717, 1.165) is 40.8 Å². The van der Waals surface area contributed by atoms with Crippen LogP contribution >= 0.6 is 0 Å². The molecule has 0 aliphatic rings. The third-order valence-corrected chi connectivity index (χ3v) is 4.88. The van der Waals surface area contributed by atoms with Gasteiger partial charge in [-0.1, -0.05) is 48.5 Å². The number of hydrogen-bond donors (Lipinski definition) is 2. The van der Waals surface area contributed by atoms with Gasteiger partial charge in [-0.25, -0.2) is 9.97 Å². The fraction of sp³-hybridized carbons (Fsp3) is 0.182. The van der Waals surface area contributed by atoms with Gasteiger partial charge in [-0.3, -0.25) is 5.10 Å². The predicted molar refractivity (Wildman–Crippen MR) is 114 cm³/mol. The zero-order valence-corrected chi connectivity index (χ0v) is 16.1. The van der Waals surface area contributed by atoms with Crippen LogP contribution in [0.25, 0.3) is 22.2 Å². The number of para-hydroxylation sites is 1. The molecule has 7 heteroatoms. The lowest BCUT2D eigenvalue weighted by Crippen LogP contribution is -2.22. The standard InChI is InChI=1S/C22H21N7/c1-29(13-7-12-19-17(14-23)21(24)28-27-19)22-25-18-11-6-5-10-16(18)20(26-22)15-8-3-2-4-9-15/h2-6,8-11H,7,12-13H2,1H3,(H3,24,27,28). The van der Waals surface area contributed by atoms with Gasteiger partial charge in [0.15, 0.2) is 5.82 Å². The van der Waals surface area contributed by atoms with E-state index in [-0.39, 0.29) is 5.82 Å². The van der Waals surface area contributed by atoms with Crippen LogP contribution < -0.4 is 10.6 Å². The van der Waals surface area contributed by atoms with Crippen molar-refractivity contribution in [2.45, 2.75) is 12.8 Å². The van der Waals surface area contributed by atoms with Crippen LogP contribution in [-0.4, -0.2) is 33.8 Å². The summed E-state index contributed by atoms with van der Waals surface area (Å²) in [6, 6.07) is 20.3. The predicted octanol–water partition coefficient (Wildman–Crippen LogP) is 3.54. The van der Waals surface area contributed by atoms with Crippen molar-refractivity contribution in [3.8, 4) is 17.3 Å². The summed E-state index contributed by atoms with van der Waals surface area (Å²) in [6.45, 7) is 0.733. The zero-order chi connectivity index (χ0) is 20.2. The largest absolute Gasteiger partial charge is 0.381 e. The normalized spacial score (nSPS) is 10.8. The molecule has 2 aromatic carbocycles. The average molecular weight is 383 g/mol. The monoisotopic (exact) mass is 383 g/mol. The smallest absolute Gasteiger partial charge is 0.226 e. The van der Waals surface area contributed by atoms with Gasteiger partial charge < -0.3 is 10.6 Å². The van der Waals surface area contributed by atoms with Crippen LogP contribution in [-0.2, 0) is 6.42 Å². The first-order valence-electron chi connectivity index (χ1n) is 9.43. The molecule has 2 aromatic heterocycles. The molecule has 0 aliphatic carbocycles. The van der Waals surface area contributed by atoms with Gasteiger partial charge in [0.05, 0.1) is 16.9 Å². The summed E-state index contributed by atoms with van der Waals surface area (Å²) >= 11 is 0. The number of nitriles is 1. The molecule has 29 heavy (non-hydrogen) atoms. The maximum Gasteiger partial charge on any atom is 0.226 e. The summed E-state index contributed by atoms with van der Waals surface area (Å²) in [5.41, 5.74) is 9.80. The van der Waals surface area contributed by atoms with Crippen molar-refractivity contribution < 1.29 is 0 Å². The molecular formula is C22H21N7.